The second-order valence-electron chi connectivity index (χ2n) is 5.95. The second kappa shape index (κ2) is 10.6. The van der Waals surface area contributed by atoms with E-state index in [1.807, 2.05) is 30.3 Å². The Labute approximate surface area is 175 Å². The Morgan fingerprint density at radius 2 is 1.93 bits per heavy atom. The Morgan fingerprint density at radius 1 is 1.21 bits per heavy atom. The van der Waals surface area contributed by atoms with Crippen molar-refractivity contribution >= 4 is 45.0 Å². The van der Waals surface area contributed by atoms with Gasteiger partial charge in [-0.2, -0.15) is 0 Å². The fraction of sp³-hybridized carbons (Fsp3) is 0.316. The molecule has 2 aromatic rings. The van der Waals surface area contributed by atoms with Crippen molar-refractivity contribution in [3.05, 3.63) is 53.6 Å². The van der Waals surface area contributed by atoms with Gasteiger partial charge in [0.2, 0.25) is 15.9 Å². The lowest BCUT2D eigenvalue weighted by molar-refractivity contribution is -0.119. The van der Waals surface area contributed by atoms with E-state index >= 15 is 0 Å². The number of thioether (sulfide) groups is 1. The molecule has 152 valence electrons. The quantitative estimate of drug-likeness (QED) is 0.450. The van der Waals surface area contributed by atoms with Crippen LogP contribution < -0.4 is 14.4 Å². The van der Waals surface area contributed by atoms with E-state index in [0.717, 1.165) is 22.7 Å². The van der Waals surface area contributed by atoms with Gasteiger partial charge in [-0.1, -0.05) is 29.8 Å². The lowest BCUT2D eigenvalue weighted by atomic mass is 10.3. The molecule has 0 saturated carbocycles. The zero-order valence-corrected chi connectivity index (χ0v) is 18.1. The van der Waals surface area contributed by atoms with Gasteiger partial charge in [0, 0.05) is 11.4 Å². The molecule has 0 spiro atoms. The van der Waals surface area contributed by atoms with E-state index in [-0.39, 0.29) is 17.5 Å². The van der Waals surface area contributed by atoms with Crippen LogP contribution in [0, 0.1) is 0 Å². The Hall–Kier alpha value is -1.90. The summed E-state index contributed by atoms with van der Waals surface area (Å²) in [7, 11) is -2.18. The molecule has 0 aliphatic carbocycles. The van der Waals surface area contributed by atoms with E-state index in [1.54, 1.807) is 23.9 Å². The molecule has 0 fully saturated rings. The van der Waals surface area contributed by atoms with Crippen molar-refractivity contribution in [1.82, 2.24) is 5.32 Å². The van der Waals surface area contributed by atoms with E-state index < -0.39 is 10.0 Å². The summed E-state index contributed by atoms with van der Waals surface area (Å²) < 4.78 is 30.4. The van der Waals surface area contributed by atoms with Crippen molar-refractivity contribution in [1.29, 1.82) is 0 Å². The molecule has 0 unspecified atom stereocenters. The van der Waals surface area contributed by atoms with E-state index in [0.29, 0.717) is 18.0 Å². The monoisotopic (exact) mass is 442 g/mol. The summed E-state index contributed by atoms with van der Waals surface area (Å²) in [6.07, 6.45) is 1.83. The van der Waals surface area contributed by atoms with E-state index in [2.05, 4.69) is 5.32 Å². The number of anilines is 1. The first-order chi connectivity index (χ1) is 13.3. The number of benzene rings is 2. The van der Waals surface area contributed by atoms with E-state index in [4.69, 9.17) is 16.3 Å². The summed E-state index contributed by atoms with van der Waals surface area (Å²) in [4.78, 5) is 13.4. The largest absolute Gasteiger partial charge is 0.495 e. The minimum Gasteiger partial charge on any atom is -0.495 e. The number of rotatable bonds is 10. The molecule has 0 aromatic heterocycles. The van der Waals surface area contributed by atoms with Gasteiger partial charge in [-0.25, -0.2) is 8.42 Å². The van der Waals surface area contributed by atoms with Gasteiger partial charge in [0.1, 0.15) is 12.3 Å². The summed E-state index contributed by atoms with van der Waals surface area (Å²) in [5, 5.41) is 3.03. The minimum absolute atomic E-state index is 0.270. The summed E-state index contributed by atoms with van der Waals surface area (Å²) in [6, 6.07) is 14.6. The number of ether oxygens (including phenoxy) is 1. The van der Waals surface area contributed by atoms with Gasteiger partial charge in [-0.05, 0) is 42.5 Å². The van der Waals surface area contributed by atoms with Crippen LogP contribution in [0.25, 0.3) is 0 Å². The number of carbonyl (C=O) groups excluding carboxylic acids is 1. The predicted octanol–water partition coefficient (Wildman–Crippen LogP) is 3.41. The van der Waals surface area contributed by atoms with Gasteiger partial charge >= 0.3 is 0 Å². The van der Waals surface area contributed by atoms with Crippen molar-refractivity contribution in [2.24, 2.45) is 0 Å². The molecular formula is C19H23ClN2O4S2. The summed E-state index contributed by atoms with van der Waals surface area (Å²) in [6.45, 7) is 0.160. The molecule has 0 bridgehead atoms. The Morgan fingerprint density at radius 3 is 2.54 bits per heavy atom. The average Bonchev–Trinajstić information content (AvgIpc) is 2.65. The zero-order valence-electron chi connectivity index (χ0n) is 15.7. The maximum atomic E-state index is 12.2. The molecular weight excluding hydrogens is 420 g/mol. The number of nitrogens with one attached hydrogen (secondary N) is 1. The van der Waals surface area contributed by atoms with Crippen molar-refractivity contribution in [2.75, 3.05) is 36.5 Å². The normalized spacial score (nSPS) is 11.1. The maximum Gasteiger partial charge on any atom is 0.240 e. The Bertz CT molecular complexity index is 892. The Balaban J connectivity index is 1.88. The smallest absolute Gasteiger partial charge is 0.240 e. The number of hydrogen-bond donors (Lipinski definition) is 1. The van der Waals surface area contributed by atoms with Gasteiger partial charge in [-0.15, -0.1) is 11.8 Å². The highest BCUT2D eigenvalue weighted by atomic mass is 35.5. The van der Waals surface area contributed by atoms with Crippen molar-refractivity contribution in [3.8, 4) is 5.75 Å². The molecule has 1 amide bonds. The minimum atomic E-state index is -3.65. The van der Waals surface area contributed by atoms with E-state index in [1.165, 1.54) is 18.1 Å². The van der Waals surface area contributed by atoms with Gasteiger partial charge in [0.25, 0.3) is 0 Å². The third-order valence-electron chi connectivity index (χ3n) is 3.77. The van der Waals surface area contributed by atoms with Crippen LogP contribution in [0.2, 0.25) is 5.02 Å². The fourth-order valence-corrected chi connectivity index (χ4v) is 4.38. The van der Waals surface area contributed by atoms with Gasteiger partial charge in [0.05, 0.1) is 24.1 Å². The predicted molar refractivity (Wildman–Crippen MR) is 115 cm³/mol. The van der Waals surface area contributed by atoms with Crippen LogP contribution >= 0.6 is 23.4 Å². The molecule has 0 aliphatic rings. The highest BCUT2D eigenvalue weighted by Gasteiger charge is 2.21. The van der Waals surface area contributed by atoms with Gasteiger partial charge in [0.15, 0.2) is 0 Å². The molecule has 9 heteroatoms. The highest BCUT2D eigenvalue weighted by molar-refractivity contribution is 7.99. The molecule has 6 nitrogen and oxygen atoms in total. The van der Waals surface area contributed by atoms with Crippen molar-refractivity contribution in [3.63, 3.8) is 0 Å². The number of halogens is 1. The second-order valence-corrected chi connectivity index (χ2v) is 9.44. The first-order valence-corrected chi connectivity index (χ1v) is 11.8. The topological polar surface area (TPSA) is 75.7 Å². The van der Waals surface area contributed by atoms with Crippen molar-refractivity contribution in [2.45, 2.75) is 11.3 Å². The fourth-order valence-electron chi connectivity index (χ4n) is 2.40. The first kappa shape index (κ1) is 22.4. The Kier molecular flexibility index (Phi) is 8.47. The first-order valence-electron chi connectivity index (χ1n) is 8.57. The number of methoxy groups -OCH3 is 1. The van der Waals surface area contributed by atoms with Crippen LogP contribution in [-0.2, 0) is 14.8 Å². The van der Waals surface area contributed by atoms with Crippen LogP contribution in [0.4, 0.5) is 5.69 Å². The van der Waals surface area contributed by atoms with Crippen LogP contribution in [0.5, 0.6) is 5.75 Å². The van der Waals surface area contributed by atoms with Crippen molar-refractivity contribution < 1.29 is 17.9 Å². The molecule has 0 heterocycles. The number of nitrogens with zero attached hydrogens (tertiary/aromatic N) is 1. The van der Waals surface area contributed by atoms with Gasteiger partial charge < -0.3 is 10.1 Å². The lowest BCUT2D eigenvalue weighted by Crippen LogP contribution is -2.40. The SMILES string of the molecule is COc1ccc(N(CC(=O)NCCCSc2ccccc2)S(C)(=O)=O)cc1Cl. The molecule has 0 aliphatic heterocycles. The average molecular weight is 443 g/mol. The summed E-state index contributed by atoms with van der Waals surface area (Å²) >= 11 is 7.79. The number of amides is 1. The standard InChI is InChI=1S/C19H23ClN2O4S2/c1-26-18-10-9-15(13-17(18)20)22(28(2,24)25)14-19(23)21-11-6-12-27-16-7-4-3-5-8-16/h3-5,7-10,13H,6,11-12,14H2,1-2H3,(H,21,23). The van der Waals surface area contributed by atoms with Crippen LogP contribution in [0.3, 0.4) is 0 Å². The molecule has 1 N–H and O–H groups in total. The highest BCUT2D eigenvalue weighted by Crippen LogP contribution is 2.30. The van der Waals surface area contributed by atoms with Crippen LogP contribution in [-0.4, -0.2) is 46.5 Å². The number of sulfonamides is 1. The third kappa shape index (κ3) is 6.92. The third-order valence-corrected chi connectivity index (χ3v) is 6.30. The molecule has 28 heavy (non-hydrogen) atoms. The van der Waals surface area contributed by atoms with Gasteiger partial charge in [-0.3, -0.25) is 9.10 Å². The molecule has 0 radical (unpaired) electrons. The van der Waals surface area contributed by atoms with Crippen LogP contribution in [0.1, 0.15) is 6.42 Å². The molecule has 0 saturated heterocycles. The summed E-state index contributed by atoms with van der Waals surface area (Å²) in [5.74, 6) is 0.912. The zero-order chi connectivity index (χ0) is 20.6. The number of hydrogen-bond acceptors (Lipinski definition) is 5. The molecule has 2 aromatic carbocycles. The summed E-state index contributed by atoms with van der Waals surface area (Å²) in [5.41, 5.74) is 0.308. The molecule has 2 rings (SSSR count). The molecule has 0 atom stereocenters. The van der Waals surface area contributed by atoms with E-state index in [9.17, 15) is 13.2 Å². The van der Waals surface area contributed by atoms with Crippen LogP contribution in [0.15, 0.2) is 53.4 Å². The maximum absolute atomic E-state index is 12.2. The number of carbonyl (C=O) groups is 1. The lowest BCUT2D eigenvalue weighted by Gasteiger charge is -2.22.